The number of hydrogen-bond donors (Lipinski definition) is 10. The van der Waals surface area contributed by atoms with Crippen molar-refractivity contribution in [3.05, 3.63) is 85.1 Å². The first-order chi connectivity index (χ1) is 30.2. The number of nitrogens with two attached hydrogens (primary N) is 1. The van der Waals surface area contributed by atoms with E-state index in [9.17, 15) is 60.3 Å². The molecule has 2 saturated heterocycles. The van der Waals surface area contributed by atoms with Crippen LogP contribution in [0.1, 0.15) is 85.5 Å². The van der Waals surface area contributed by atoms with E-state index in [0.717, 1.165) is 0 Å². The van der Waals surface area contributed by atoms with Crippen molar-refractivity contribution in [2.24, 2.45) is 23.5 Å². The number of ketones is 1. The number of allylic oxidation sites excluding steroid dienone is 13. The highest BCUT2D eigenvalue weighted by Crippen LogP contribution is 2.38. The number of aliphatic carboxylic acids is 1. The lowest BCUT2D eigenvalue weighted by molar-refractivity contribution is -0.304. The Morgan fingerprint density at radius 2 is 1.27 bits per heavy atom. The molecule has 360 valence electrons. The van der Waals surface area contributed by atoms with Crippen molar-refractivity contribution < 1.29 is 79.3 Å². The average Bonchev–Trinajstić information content (AvgIpc) is 3.19. The second-order valence-corrected chi connectivity index (χ2v) is 17.2. The van der Waals surface area contributed by atoms with Crippen LogP contribution < -0.4 is 5.73 Å². The highest BCUT2D eigenvalue weighted by Gasteiger charge is 2.50. The molecule has 2 bridgehead atoms. The summed E-state index contributed by atoms with van der Waals surface area (Å²) in [5.41, 5.74) is 6.12. The number of ether oxygens (including phenoxy) is 4. The number of fused-ring (bicyclic) bond motifs is 2. The Morgan fingerprint density at radius 3 is 1.84 bits per heavy atom. The van der Waals surface area contributed by atoms with E-state index in [1.165, 1.54) is 0 Å². The summed E-state index contributed by atoms with van der Waals surface area (Å²) in [5, 5.41) is 96.4. The predicted molar refractivity (Wildman–Crippen MR) is 235 cm³/mol. The quantitative estimate of drug-likeness (QED) is 0.181. The largest absolute Gasteiger partial charge is 0.481 e. The van der Waals surface area contributed by atoms with Crippen LogP contribution in [0.25, 0.3) is 0 Å². The van der Waals surface area contributed by atoms with Gasteiger partial charge in [0, 0.05) is 44.1 Å². The number of hydrogen-bond acceptors (Lipinski definition) is 16. The minimum atomic E-state index is -2.27. The van der Waals surface area contributed by atoms with Crippen molar-refractivity contribution in [2.75, 3.05) is 0 Å². The monoisotopic (exact) mass is 905 g/mol. The number of Topliss-reactive ketones (excluding diaryl/α,β-unsaturated/α-hetero) is 1. The molecule has 64 heavy (non-hydrogen) atoms. The smallest absolute Gasteiger partial charge is 0.311 e. The molecule has 3 aliphatic rings. The fraction of sp³-hybridized carbons (Fsp3) is 0.638. The summed E-state index contributed by atoms with van der Waals surface area (Å²) >= 11 is 0. The molecule has 0 aromatic heterocycles. The van der Waals surface area contributed by atoms with Gasteiger partial charge in [-0.05, 0) is 33.1 Å². The maximum absolute atomic E-state index is 13.0. The van der Waals surface area contributed by atoms with E-state index in [1.54, 1.807) is 107 Å². The lowest BCUT2D eigenvalue weighted by Crippen LogP contribution is -2.56. The van der Waals surface area contributed by atoms with Crippen molar-refractivity contribution in [1.29, 1.82) is 0 Å². The van der Waals surface area contributed by atoms with Gasteiger partial charge in [-0.25, -0.2) is 0 Å². The van der Waals surface area contributed by atoms with Crippen LogP contribution in [0, 0.1) is 17.8 Å². The summed E-state index contributed by atoms with van der Waals surface area (Å²) in [4.78, 5) is 38.0. The van der Waals surface area contributed by atoms with Crippen LogP contribution in [-0.4, -0.2) is 149 Å². The summed E-state index contributed by atoms with van der Waals surface area (Å²) in [5.74, 6) is -7.21. The molecule has 0 unspecified atom stereocenters. The third-order valence-corrected chi connectivity index (χ3v) is 11.7. The Labute approximate surface area is 375 Å². The van der Waals surface area contributed by atoms with Crippen molar-refractivity contribution in [3.63, 3.8) is 0 Å². The molecule has 0 radical (unpaired) electrons. The topological polar surface area (TPSA) is 296 Å². The molecule has 11 N–H and O–H groups in total. The molecule has 0 spiro atoms. The van der Waals surface area contributed by atoms with E-state index in [-0.39, 0.29) is 37.9 Å². The van der Waals surface area contributed by atoms with Gasteiger partial charge in [-0.15, -0.1) is 0 Å². The minimum absolute atomic E-state index is 0.102. The van der Waals surface area contributed by atoms with Gasteiger partial charge in [-0.2, -0.15) is 0 Å². The third-order valence-electron chi connectivity index (χ3n) is 11.7. The van der Waals surface area contributed by atoms with E-state index in [0.29, 0.717) is 0 Å². The van der Waals surface area contributed by atoms with Crippen LogP contribution in [0.5, 0.6) is 0 Å². The van der Waals surface area contributed by atoms with Gasteiger partial charge < -0.3 is 70.6 Å². The fourth-order valence-electron chi connectivity index (χ4n) is 7.84. The summed E-state index contributed by atoms with van der Waals surface area (Å²) < 4.78 is 23.4. The number of esters is 1. The van der Waals surface area contributed by atoms with Gasteiger partial charge in [0.05, 0.1) is 73.4 Å². The maximum atomic E-state index is 13.0. The molecule has 0 aliphatic carbocycles. The zero-order chi connectivity index (χ0) is 47.6. The zero-order valence-corrected chi connectivity index (χ0v) is 37.1. The summed E-state index contributed by atoms with van der Waals surface area (Å²) in [6, 6.07) is -0.674. The molecule has 0 saturated carbocycles. The van der Waals surface area contributed by atoms with E-state index < -0.39 is 141 Å². The van der Waals surface area contributed by atoms with Crippen LogP contribution in [-0.2, 0) is 33.3 Å². The van der Waals surface area contributed by atoms with Crippen molar-refractivity contribution in [2.45, 2.75) is 171 Å². The Hall–Kier alpha value is -3.69. The normalized spacial score (nSPS) is 43.7. The molecule has 17 nitrogen and oxygen atoms in total. The molecule has 3 heterocycles. The molecule has 17 atom stereocenters. The highest BCUT2D eigenvalue weighted by atomic mass is 16.7. The summed E-state index contributed by atoms with van der Waals surface area (Å²) in [6.45, 7) is 6.61. The third kappa shape index (κ3) is 18.7. The number of carboxylic acids is 1. The molecule has 0 aromatic carbocycles. The van der Waals surface area contributed by atoms with Gasteiger partial charge in [0.25, 0.3) is 0 Å². The molecule has 3 aliphatic heterocycles. The molecule has 0 amide bonds. The number of carbonyl (C=O) groups is 3. The van der Waals surface area contributed by atoms with Gasteiger partial charge in [0.2, 0.25) is 0 Å². The Balaban J connectivity index is 1.84. The first-order valence-corrected chi connectivity index (χ1v) is 22.1. The van der Waals surface area contributed by atoms with Crippen LogP contribution in [0.15, 0.2) is 85.1 Å². The van der Waals surface area contributed by atoms with Gasteiger partial charge in [-0.3, -0.25) is 14.4 Å². The standard InChI is InChI=1S/C47H71NO16/c1-28-17-15-13-11-9-7-5-6-8-10-12-14-16-18-35(63-42-25-36(48)45(57)31(4)62-42)24-40-43(46(58)59)39(54)27-47(60,64-40)26-34(51)22-38(53)37(52)20-19-32(49)21-33(50)23-41(55)61-30(3)29(2)44(28)56/h5-18,28-40,42-43,45,49-54,57,60H,19-27,48H2,1-4H3,(H,58,59)/b6-5+,9-7+,10-8+,13-11+,14-12+,17-15+,18-16+/t28-,29-,30-,31+,32+,33+,34-,35-,36+,37+,38+,39-,40-,42-,43+,45+,47+/m0/s1. The van der Waals surface area contributed by atoms with Gasteiger partial charge >= 0.3 is 11.9 Å². The molecule has 3 rings (SSSR count). The van der Waals surface area contributed by atoms with Crippen molar-refractivity contribution >= 4 is 17.7 Å². The van der Waals surface area contributed by atoms with E-state index in [2.05, 4.69) is 0 Å². The Morgan fingerprint density at radius 1 is 0.688 bits per heavy atom. The number of aliphatic hydroxyl groups is 8. The second kappa shape index (κ2) is 27.1. The summed E-state index contributed by atoms with van der Waals surface area (Å²) in [7, 11) is 0. The molecule has 2 fully saturated rings. The van der Waals surface area contributed by atoms with Crippen LogP contribution in [0.4, 0.5) is 0 Å². The van der Waals surface area contributed by atoms with E-state index in [1.807, 2.05) is 6.08 Å². The van der Waals surface area contributed by atoms with Gasteiger partial charge in [0.1, 0.15) is 17.8 Å². The fourth-order valence-corrected chi connectivity index (χ4v) is 7.84. The number of rotatable bonds is 3. The minimum Gasteiger partial charge on any atom is -0.481 e. The van der Waals surface area contributed by atoms with Crippen LogP contribution in [0.2, 0.25) is 0 Å². The van der Waals surface area contributed by atoms with E-state index >= 15 is 0 Å². The van der Waals surface area contributed by atoms with Crippen molar-refractivity contribution in [3.8, 4) is 0 Å². The molecular weight excluding hydrogens is 835 g/mol. The lowest BCUT2D eigenvalue weighted by atomic mass is 9.82. The number of cyclic esters (lactones) is 1. The Bertz CT molecular complexity index is 1660. The maximum Gasteiger partial charge on any atom is 0.311 e. The first kappa shape index (κ1) is 54.6. The highest BCUT2D eigenvalue weighted by molar-refractivity contribution is 5.85. The molecule has 0 aromatic rings. The Kier molecular flexibility index (Phi) is 23.1. The molecule has 17 heteroatoms. The summed E-state index contributed by atoms with van der Waals surface area (Å²) in [6.07, 6.45) is 7.47. The average molecular weight is 906 g/mol. The first-order valence-electron chi connectivity index (χ1n) is 22.1. The van der Waals surface area contributed by atoms with Crippen LogP contribution >= 0.6 is 0 Å². The number of carbonyl (C=O) groups excluding carboxylic acids is 2. The van der Waals surface area contributed by atoms with Gasteiger partial charge in [-0.1, -0.05) is 98.9 Å². The molecular formula is C47H71NO16. The lowest BCUT2D eigenvalue weighted by Gasteiger charge is -2.45. The van der Waals surface area contributed by atoms with E-state index in [4.69, 9.17) is 24.7 Å². The predicted octanol–water partition coefficient (Wildman–Crippen LogP) is 1.95. The van der Waals surface area contributed by atoms with Gasteiger partial charge in [0.15, 0.2) is 12.1 Å². The zero-order valence-electron chi connectivity index (χ0n) is 37.1. The number of carboxylic acid groups (broad SMARTS) is 1. The second-order valence-electron chi connectivity index (χ2n) is 17.2. The van der Waals surface area contributed by atoms with Crippen molar-refractivity contribution in [1.82, 2.24) is 0 Å². The number of aliphatic hydroxyl groups excluding tert-OH is 7. The van der Waals surface area contributed by atoms with Crippen LogP contribution in [0.3, 0.4) is 0 Å². The SMILES string of the molecule is C[C@@H]1OC(=O)C[C@H](O)C[C@H](O)CC[C@@H](O)[C@H](O)C[C@H](O)C[C@]2(O)C[C@H](O)[C@@H](C(=O)O)[C@H](C[C@@H](O[C@H]3C[C@@H](N)[C@H](O)[C@@H](C)O3)/C=C/C=C/C=C/C=C/C=C/C=C/C=C/[C@H](C)C(=O)[C@H]1C)O2.